The Balaban J connectivity index is 1.48. The third kappa shape index (κ3) is 4.67. The van der Waals surface area contributed by atoms with Crippen molar-refractivity contribution < 1.29 is 9.53 Å². The van der Waals surface area contributed by atoms with E-state index in [1.165, 1.54) is 6.33 Å². The van der Waals surface area contributed by atoms with Crippen molar-refractivity contribution in [1.82, 2.24) is 14.8 Å². The van der Waals surface area contributed by atoms with Crippen LogP contribution in [0.1, 0.15) is 19.3 Å². The number of allylic oxidation sites excluding steroid dienone is 2. The van der Waals surface area contributed by atoms with Crippen molar-refractivity contribution in [1.29, 1.82) is 0 Å². The van der Waals surface area contributed by atoms with Crippen LogP contribution in [0.4, 0.5) is 5.69 Å². The molecule has 120 valence electrons. The molecule has 0 unspecified atom stereocenters. The van der Waals surface area contributed by atoms with E-state index >= 15 is 0 Å². The Labute approximate surface area is 135 Å². The summed E-state index contributed by atoms with van der Waals surface area (Å²) in [5.74, 6) is 1.14. The van der Waals surface area contributed by atoms with Crippen LogP contribution in [0.15, 0.2) is 49.1 Å². The van der Waals surface area contributed by atoms with Gasteiger partial charge in [-0.15, -0.1) is 0 Å². The zero-order valence-electron chi connectivity index (χ0n) is 12.9. The molecule has 0 radical (unpaired) electrons. The lowest BCUT2D eigenvalue weighted by Crippen LogP contribution is -2.15. The number of benzene rings is 1. The molecule has 0 fully saturated rings. The van der Waals surface area contributed by atoms with E-state index < -0.39 is 0 Å². The van der Waals surface area contributed by atoms with Crippen LogP contribution in [-0.4, -0.2) is 27.3 Å². The summed E-state index contributed by atoms with van der Waals surface area (Å²) in [5.41, 5.74) is 0.759. The Hall–Kier alpha value is -2.63. The first-order valence-corrected chi connectivity index (χ1v) is 7.81. The molecule has 1 atom stereocenters. The molecule has 6 heteroatoms. The van der Waals surface area contributed by atoms with Crippen LogP contribution in [0.2, 0.25) is 0 Å². The maximum atomic E-state index is 12.0. The second kappa shape index (κ2) is 7.58. The van der Waals surface area contributed by atoms with Gasteiger partial charge in [-0.3, -0.25) is 4.79 Å². The standard InChI is InChI=1S/C17H20N4O2/c22-17(10-14-4-1-2-5-14)20-15-6-3-7-16(11-15)23-9-8-21-13-18-12-19-21/h1,3-4,6-7,11-14H,2,5,8-10H2,(H,20,22)/t14-/m1/s1. The summed E-state index contributed by atoms with van der Waals surface area (Å²) in [7, 11) is 0. The number of carbonyl (C=O) groups is 1. The first-order chi connectivity index (χ1) is 11.3. The summed E-state index contributed by atoms with van der Waals surface area (Å²) >= 11 is 0. The van der Waals surface area contributed by atoms with Gasteiger partial charge in [0.1, 0.15) is 25.0 Å². The average Bonchev–Trinajstić information content (AvgIpc) is 3.21. The van der Waals surface area contributed by atoms with Gasteiger partial charge in [-0.1, -0.05) is 18.2 Å². The number of amides is 1. The van der Waals surface area contributed by atoms with Gasteiger partial charge in [0.15, 0.2) is 0 Å². The Morgan fingerprint density at radius 2 is 2.39 bits per heavy atom. The van der Waals surface area contributed by atoms with Crippen LogP contribution < -0.4 is 10.1 Å². The number of hydrogen-bond donors (Lipinski definition) is 1. The van der Waals surface area contributed by atoms with Crippen LogP contribution in [0, 0.1) is 5.92 Å². The second-order valence-corrected chi connectivity index (χ2v) is 5.55. The van der Waals surface area contributed by atoms with E-state index in [0.29, 0.717) is 25.5 Å². The summed E-state index contributed by atoms with van der Waals surface area (Å²) < 4.78 is 7.39. The molecule has 1 aliphatic rings. The molecule has 1 N–H and O–H groups in total. The van der Waals surface area contributed by atoms with Gasteiger partial charge in [0.2, 0.25) is 5.91 Å². The van der Waals surface area contributed by atoms with Crippen molar-refractivity contribution in [3.05, 3.63) is 49.1 Å². The van der Waals surface area contributed by atoms with Gasteiger partial charge in [0.05, 0.1) is 6.54 Å². The molecule has 0 aliphatic heterocycles. The predicted molar refractivity (Wildman–Crippen MR) is 87.1 cm³/mol. The van der Waals surface area contributed by atoms with Crippen LogP contribution >= 0.6 is 0 Å². The third-order valence-electron chi connectivity index (χ3n) is 3.73. The lowest BCUT2D eigenvalue weighted by atomic mass is 10.1. The quantitative estimate of drug-likeness (QED) is 0.798. The summed E-state index contributed by atoms with van der Waals surface area (Å²) in [4.78, 5) is 15.9. The fourth-order valence-electron chi connectivity index (χ4n) is 2.58. The van der Waals surface area contributed by atoms with E-state index in [1.807, 2.05) is 24.3 Å². The van der Waals surface area contributed by atoms with Crippen molar-refractivity contribution >= 4 is 11.6 Å². The van der Waals surface area contributed by atoms with Crippen molar-refractivity contribution in [3.63, 3.8) is 0 Å². The zero-order chi connectivity index (χ0) is 15.9. The average molecular weight is 312 g/mol. The highest BCUT2D eigenvalue weighted by molar-refractivity contribution is 5.91. The van der Waals surface area contributed by atoms with Crippen LogP contribution in [0.5, 0.6) is 5.75 Å². The monoisotopic (exact) mass is 312 g/mol. The van der Waals surface area contributed by atoms with Gasteiger partial charge in [-0.05, 0) is 30.9 Å². The molecular formula is C17H20N4O2. The van der Waals surface area contributed by atoms with Gasteiger partial charge < -0.3 is 10.1 Å². The summed E-state index contributed by atoms with van der Waals surface area (Å²) in [6.07, 6.45) is 10.1. The lowest BCUT2D eigenvalue weighted by molar-refractivity contribution is -0.116. The Morgan fingerprint density at radius 1 is 1.43 bits per heavy atom. The van der Waals surface area contributed by atoms with E-state index in [9.17, 15) is 4.79 Å². The molecule has 2 aromatic rings. The first kappa shape index (κ1) is 15.3. The third-order valence-corrected chi connectivity index (χ3v) is 3.73. The van der Waals surface area contributed by atoms with Crippen LogP contribution in [0.25, 0.3) is 0 Å². The first-order valence-electron chi connectivity index (χ1n) is 7.81. The number of rotatable bonds is 7. The summed E-state index contributed by atoms with van der Waals surface area (Å²) in [6, 6.07) is 7.45. The van der Waals surface area contributed by atoms with Gasteiger partial charge in [-0.25, -0.2) is 9.67 Å². The van der Waals surface area contributed by atoms with E-state index in [0.717, 1.165) is 24.3 Å². The molecule has 1 aromatic carbocycles. The van der Waals surface area contributed by atoms with Gasteiger partial charge in [0, 0.05) is 18.2 Å². The van der Waals surface area contributed by atoms with Crippen molar-refractivity contribution in [2.45, 2.75) is 25.8 Å². The number of nitrogens with zero attached hydrogens (tertiary/aromatic N) is 3. The Morgan fingerprint density at radius 3 is 3.17 bits per heavy atom. The van der Waals surface area contributed by atoms with E-state index in [4.69, 9.17) is 4.74 Å². The summed E-state index contributed by atoms with van der Waals surface area (Å²) in [5, 5.41) is 6.95. The largest absolute Gasteiger partial charge is 0.492 e. The van der Waals surface area contributed by atoms with E-state index in [1.54, 1.807) is 11.0 Å². The molecule has 1 heterocycles. The molecule has 1 aliphatic carbocycles. The maximum absolute atomic E-state index is 12.0. The van der Waals surface area contributed by atoms with Crippen molar-refractivity contribution in [2.24, 2.45) is 5.92 Å². The molecule has 6 nitrogen and oxygen atoms in total. The topological polar surface area (TPSA) is 69.0 Å². The van der Waals surface area contributed by atoms with Gasteiger partial charge >= 0.3 is 0 Å². The molecule has 3 rings (SSSR count). The molecule has 0 saturated carbocycles. The Bertz CT molecular complexity index is 667. The smallest absolute Gasteiger partial charge is 0.224 e. The number of anilines is 1. The molecular weight excluding hydrogens is 292 g/mol. The zero-order valence-corrected chi connectivity index (χ0v) is 12.9. The number of carbonyl (C=O) groups excluding carboxylic acids is 1. The highest BCUT2D eigenvalue weighted by atomic mass is 16.5. The minimum atomic E-state index is 0.0429. The second-order valence-electron chi connectivity index (χ2n) is 5.55. The molecule has 1 aromatic heterocycles. The molecule has 0 spiro atoms. The van der Waals surface area contributed by atoms with E-state index in [2.05, 4.69) is 27.6 Å². The Kier molecular flexibility index (Phi) is 5.03. The number of ether oxygens (including phenoxy) is 1. The SMILES string of the molecule is O=C(C[C@@H]1C=CCC1)Nc1cccc(OCCn2cncn2)c1. The number of hydrogen-bond acceptors (Lipinski definition) is 4. The molecule has 0 saturated heterocycles. The number of aromatic nitrogens is 3. The predicted octanol–water partition coefficient (Wildman–Crippen LogP) is 2.65. The van der Waals surface area contributed by atoms with Gasteiger partial charge in [0.25, 0.3) is 0 Å². The molecule has 23 heavy (non-hydrogen) atoms. The minimum Gasteiger partial charge on any atom is -0.492 e. The molecule has 0 bridgehead atoms. The number of nitrogens with one attached hydrogen (secondary N) is 1. The van der Waals surface area contributed by atoms with Crippen molar-refractivity contribution in [3.8, 4) is 5.75 Å². The highest BCUT2D eigenvalue weighted by Crippen LogP contribution is 2.22. The fourth-order valence-corrected chi connectivity index (χ4v) is 2.58. The van der Waals surface area contributed by atoms with Gasteiger partial charge in [-0.2, -0.15) is 5.10 Å². The lowest BCUT2D eigenvalue weighted by Gasteiger charge is -2.11. The van der Waals surface area contributed by atoms with Crippen LogP contribution in [-0.2, 0) is 11.3 Å². The van der Waals surface area contributed by atoms with Crippen molar-refractivity contribution in [2.75, 3.05) is 11.9 Å². The fraction of sp³-hybridized carbons (Fsp3) is 0.353. The molecule has 1 amide bonds. The van der Waals surface area contributed by atoms with E-state index in [-0.39, 0.29) is 5.91 Å². The van der Waals surface area contributed by atoms with Crippen LogP contribution in [0.3, 0.4) is 0 Å². The normalized spacial score (nSPS) is 16.4. The summed E-state index contributed by atoms with van der Waals surface area (Å²) in [6.45, 7) is 1.12. The highest BCUT2D eigenvalue weighted by Gasteiger charge is 2.14. The maximum Gasteiger partial charge on any atom is 0.224 e. The minimum absolute atomic E-state index is 0.0429.